The Labute approximate surface area is 174 Å². The Balaban J connectivity index is 1.79. The molecule has 9 atom stereocenters. The number of fused-ring (bicyclic) bond motifs is 5. The second-order valence-corrected chi connectivity index (χ2v) is 10.3. The molecule has 0 unspecified atom stereocenters. The van der Waals surface area contributed by atoms with Crippen LogP contribution in [-0.4, -0.2) is 40.0 Å². The zero-order chi connectivity index (χ0) is 21.5. The minimum atomic E-state index is -1.45. The van der Waals surface area contributed by atoms with E-state index in [2.05, 4.69) is 0 Å². The van der Waals surface area contributed by atoms with Crippen LogP contribution < -0.4 is 0 Å². The van der Waals surface area contributed by atoms with Gasteiger partial charge in [0.05, 0.1) is 11.1 Å². The van der Waals surface area contributed by atoms with E-state index in [1.807, 2.05) is 20.8 Å². The van der Waals surface area contributed by atoms with Gasteiger partial charge in [0.1, 0.15) is 6.17 Å². The molecule has 3 saturated carbocycles. The molecule has 4 rings (SSSR count). The highest BCUT2D eigenvalue weighted by Gasteiger charge is 2.66. The number of aliphatic carboxylic acids is 1. The first kappa shape index (κ1) is 20.7. The molecule has 0 aliphatic heterocycles. The normalized spacial score (nSPS) is 48.8. The van der Waals surface area contributed by atoms with Crippen molar-refractivity contribution in [3.8, 4) is 0 Å². The highest BCUT2D eigenvalue weighted by atomic mass is 35.5. The van der Waals surface area contributed by atoms with Crippen molar-refractivity contribution in [2.75, 3.05) is 0 Å². The van der Waals surface area contributed by atoms with Crippen LogP contribution in [0.25, 0.3) is 0 Å². The number of carboxylic acids is 1. The maximum atomic E-state index is 15.3. The summed E-state index contributed by atoms with van der Waals surface area (Å²) in [6.07, 6.45) is 1.70. The molecule has 0 amide bonds. The predicted molar refractivity (Wildman–Crippen MR) is 104 cm³/mol. The summed E-state index contributed by atoms with van der Waals surface area (Å²) in [5, 5.41) is 20.6. The molecule has 29 heavy (non-hydrogen) atoms. The van der Waals surface area contributed by atoms with E-state index in [0.717, 1.165) is 0 Å². The van der Waals surface area contributed by atoms with Gasteiger partial charge in [-0.15, -0.1) is 0 Å². The number of alkyl halides is 1. The van der Waals surface area contributed by atoms with E-state index in [0.29, 0.717) is 12.0 Å². The summed E-state index contributed by atoms with van der Waals surface area (Å²) in [5.41, 5.74) is -1.23. The minimum Gasteiger partial charge on any atom is -0.475 e. The first-order valence-electron chi connectivity index (χ1n) is 10.2. The summed E-state index contributed by atoms with van der Waals surface area (Å²) in [6, 6.07) is 0. The number of aliphatic hydroxyl groups is 1. The molecule has 158 valence electrons. The second kappa shape index (κ2) is 6.48. The molecule has 0 aromatic heterocycles. The third-order valence-corrected chi connectivity index (χ3v) is 8.66. The van der Waals surface area contributed by atoms with Crippen LogP contribution in [0.4, 0.5) is 4.39 Å². The first-order valence-corrected chi connectivity index (χ1v) is 10.5. The smallest absolute Gasteiger partial charge is 0.372 e. The number of hydrogen-bond acceptors (Lipinski definition) is 4. The van der Waals surface area contributed by atoms with Crippen LogP contribution in [0, 0.1) is 40.4 Å². The summed E-state index contributed by atoms with van der Waals surface area (Å²) in [6.45, 7) is 5.57. The van der Waals surface area contributed by atoms with Gasteiger partial charge in [0.2, 0.25) is 5.78 Å². The number of carboxylic acid groups (broad SMARTS) is 1. The summed E-state index contributed by atoms with van der Waals surface area (Å²) < 4.78 is 15.3. The predicted octanol–water partition coefficient (Wildman–Crippen LogP) is 3.30. The van der Waals surface area contributed by atoms with E-state index in [9.17, 15) is 24.6 Å². The van der Waals surface area contributed by atoms with Crippen LogP contribution in [0.5, 0.6) is 0 Å². The Morgan fingerprint density at radius 2 is 1.93 bits per heavy atom. The fourth-order valence-electron chi connectivity index (χ4n) is 7.45. The zero-order valence-electron chi connectivity index (χ0n) is 16.7. The molecular formula is C22H26ClFO5. The SMILES string of the molecule is C[C@@H]1C[C@H]2[C@@H]3C[C@H](F)C4=CC(=O)C(Cl)=C[C@]4(C)[C@H]3[C@@H](O)C[C@]2(C)[C@H]1C(=O)C(=O)O. The summed E-state index contributed by atoms with van der Waals surface area (Å²) in [4.78, 5) is 36.0. The molecule has 0 bridgehead atoms. The van der Waals surface area contributed by atoms with E-state index in [1.165, 1.54) is 6.08 Å². The Morgan fingerprint density at radius 1 is 1.28 bits per heavy atom. The van der Waals surface area contributed by atoms with Gasteiger partial charge in [-0.25, -0.2) is 9.18 Å². The molecule has 0 saturated heterocycles. The van der Waals surface area contributed by atoms with Gasteiger partial charge in [0, 0.05) is 17.3 Å². The van der Waals surface area contributed by atoms with Gasteiger partial charge < -0.3 is 10.2 Å². The van der Waals surface area contributed by atoms with Crippen molar-refractivity contribution in [1.82, 2.24) is 0 Å². The molecule has 0 spiro atoms. The van der Waals surface area contributed by atoms with Crippen LogP contribution in [0.15, 0.2) is 22.8 Å². The topological polar surface area (TPSA) is 91.7 Å². The van der Waals surface area contributed by atoms with E-state index >= 15 is 4.39 Å². The quantitative estimate of drug-likeness (QED) is 0.663. The van der Waals surface area contributed by atoms with Crippen LogP contribution in [0.2, 0.25) is 0 Å². The summed E-state index contributed by atoms with van der Waals surface area (Å²) in [5.74, 6) is -4.21. The lowest BCUT2D eigenvalue weighted by molar-refractivity contribution is -0.159. The number of allylic oxidation sites excluding steroid dienone is 4. The molecule has 0 radical (unpaired) electrons. The van der Waals surface area contributed by atoms with Gasteiger partial charge in [-0.2, -0.15) is 0 Å². The Bertz CT molecular complexity index is 865. The van der Waals surface area contributed by atoms with E-state index in [1.54, 1.807) is 6.08 Å². The maximum Gasteiger partial charge on any atom is 0.372 e. The van der Waals surface area contributed by atoms with Gasteiger partial charge in [0.15, 0.2) is 5.78 Å². The summed E-state index contributed by atoms with van der Waals surface area (Å²) >= 11 is 6.12. The fraction of sp³-hybridized carbons (Fsp3) is 0.682. The average Bonchev–Trinajstić information content (AvgIpc) is 2.86. The lowest BCUT2D eigenvalue weighted by Crippen LogP contribution is -2.58. The van der Waals surface area contributed by atoms with E-state index in [4.69, 9.17) is 11.6 Å². The monoisotopic (exact) mass is 424 g/mol. The van der Waals surface area contributed by atoms with Crippen LogP contribution in [0.3, 0.4) is 0 Å². The number of rotatable bonds is 2. The van der Waals surface area contributed by atoms with Crippen LogP contribution in [-0.2, 0) is 14.4 Å². The van der Waals surface area contributed by atoms with Crippen molar-refractivity contribution in [3.05, 3.63) is 22.8 Å². The largest absolute Gasteiger partial charge is 0.475 e. The number of halogens is 2. The van der Waals surface area contributed by atoms with Crippen LogP contribution in [0.1, 0.15) is 40.0 Å². The molecule has 5 nitrogen and oxygen atoms in total. The van der Waals surface area contributed by atoms with E-state index in [-0.39, 0.29) is 41.5 Å². The van der Waals surface area contributed by atoms with Gasteiger partial charge >= 0.3 is 5.97 Å². The van der Waals surface area contributed by atoms with Gasteiger partial charge in [0.25, 0.3) is 0 Å². The molecule has 0 aromatic rings. The van der Waals surface area contributed by atoms with E-state index < -0.39 is 46.6 Å². The Hall–Kier alpha value is -1.53. The van der Waals surface area contributed by atoms with Crippen molar-refractivity contribution in [2.45, 2.75) is 52.3 Å². The van der Waals surface area contributed by atoms with Crippen molar-refractivity contribution in [2.24, 2.45) is 40.4 Å². The zero-order valence-corrected chi connectivity index (χ0v) is 17.4. The number of carbonyl (C=O) groups is 3. The van der Waals surface area contributed by atoms with Gasteiger partial charge in [-0.05, 0) is 54.1 Å². The molecule has 0 heterocycles. The molecule has 4 aliphatic rings. The number of ketones is 2. The number of hydrogen-bond donors (Lipinski definition) is 2. The Kier molecular flexibility index (Phi) is 4.63. The second-order valence-electron chi connectivity index (χ2n) is 9.88. The average molecular weight is 425 g/mol. The van der Waals surface area contributed by atoms with Crippen molar-refractivity contribution in [3.63, 3.8) is 0 Å². The molecule has 0 aromatic carbocycles. The fourth-order valence-corrected chi connectivity index (χ4v) is 7.74. The van der Waals surface area contributed by atoms with Crippen molar-refractivity contribution < 1.29 is 29.0 Å². The van der Waals surface area contributed by atoms with Gasteiger partial charge in [-0.1, -0.05) is 38.4 Å². The third kappa shape index (κ3) is 2.71. The molecule has 4 aliphatic carbocycles. The highest BCUT2D eigenvalue weighted by Crippen LogP contribution is 2.67. The summed E-state index contributed by atoms with van der Waals surface area (Å²) in [7, 11) is 0. The first-order chi connectivity index (χ1) is 13.4. The highest BCUT2D eigenvalue weighted by molar-refractivity contribution is 6.44. The lowest BCUT2D eigenvalue weighted by atomic mass is 9.46. The number of Topliss-reactive ketones (excluding diaryl/α,β-unsaturated/α-hetero) is 1. The molecule has 2 N–H and O–H groups in total. The van der Waals surface area contributed by atoms with Gasteiger partial charge in [-0.3, -0.25) is 9.59 Å². The van der Waals surface area contributed by atoms with Crippen molar-refractivity contribution >= 4 is 29.1 Å². The molecular weight excluding hydrogens is 399 g/mol. The van der Waals surface area contributed by atoms with Crippen LogP contribution >= 0.6 is 11.6 Å². The lowest BCUT2D eigenvalue weighted by Gasteiger charge is -2.59. The number of aliphatic hydroxyl groups excluding tert-OH is 1. The minimum absolute atomic E-state index is 0.0309. The molecule has 7 heteroatoms. The maximum absolute atomic E-state index is 15.3. The van der Waals surface area contributed by atoms with Crippen molar-refractivity contribution in [1.29, 1.82) is 0 Å². The molecule has 3 fully saturated rings. The third-order valence-electron chi connectivity index (χ3n) is 8.37. The Morgan fingerprint density at radius 3 is 2.55 bits per heavy atom. The standard InChI is InChI=1S/C22H26ClFO5/c1-9-4-11-10-5-14(24)12-6-15(25)13(23)7-21(12,2)18(10)16(26)8-22(11,3)17(9)19(27)20(28)29/h6-7,9-11,14,16-18,26H,4-5,8H2,1-3H3,(H,28,29)/t9-,10+,11+,14+,16+,17-,18-,21+,22+/m1/s1. The number of carbonyl (C=O) groups excluding carboxylic acids is 2.